The Morgan fingerprint density at radius 1 is 1.57 bits per heavy atom. The topological polar surface area (TPSA) is 75.4 Å². The number of hydrogen-bond donors (Lipinski definition) is 2. The van der Waals surface area contributed by atoms with Gasteiger partial charge in [-0.2, -0.15) is 0 Å². The summed E-state index contributed by atoms with van der Waals surface area (Å²) in [5.74, 6) is 0. The van der Waals surface area contributed by atoms with Crippen molar-refractivity contribution in [3.63, 3.8) is 0 Å². The van der Waals surface area contributed by atoms with Gasteiger partial charge < -0.3 is 10.6 Å². The first-order valence-electron chi connectivity index (χ1n) is 4.90. The van der Waals surface area contributed by atoms with Crippen LogP contribution in [0.1, 0.15) is 12.8 Å². The Morgan fingerprint density at radius 3 is 2.86 bits per heavy atom. The van der Waals surface area contributed by atoms with Crippen LogP contribution in [-0.2, 0) is 10.0 Å². The van der Waals surface area contributed by atoms with E-state index >= 15 is 0 Å². The third-order valence-corrected chi connectivity index (χ3v) is 3.06. The first-order chi connectivity index (χ1) is 6.47. The second-order valence-corrected chi connectivity index (χ2v) is 5.70. The molecule has 0 aromatic carbocycles. The predicted octanol–water partition coefficient (Wildman–Crippen LogP) is -1.04. The van der Waals surface area contributed by atoms with E-state index in [1.807, 2.05) is 0 Å². The van der Waals surface area contributed by atoms with Crippen LogP contribution in [0.2, 0.25) is 0 Å². The van der Waals surface area contributed by atoms with Crippen molar-refractivity contribution in [3.05, 3.63) is 0 Å². The summed E-state index contributed by atoms with van der Waals surface area (Å²) in [4.78, 5) is 2.20. The fourth-order valence-electron chi connectivity index (χ4n) is 1.68. The molecule has 1 rings (SSSR count). The Balaban J connectivity index is 2.18. The molecule has 0 bridgehead atoms. The van der Waals surface area contributed by atoms with E-state index in [-0.39, 0.29) is 6.04 Å². The zero-order valence-electron chi connectivity index (χ0n) is 8.57. The second-order valence-electron chi connectivity index (χ2n) is 3.87. The minimum atomic E-state index is -3.05. The lowest BCUT2D eigenvalue weighted by molar-refractivity contribution is 0.213. The summed E-state index contributed by atoms with van der Waals surface area (Å²) >= 11 is 0. The maximum absolute atomic E-state index is 10.8. The molecule has 6 heteroatoms. The molecule has 1 saturated heterocycles. The van der Waals surface area contributed by atoms with Crippen molar-refractivity contribution >= 4 is 10.0 Å². The van der Waals surface area contributed by atoms with Crippen LogP contribution >= 0.6 is 0 Å². The van der Waals surface area contributed by atoms with Gasteiger partial charge in [-0.25, -0.2) is 13.1 Å². The zero-order chi connectivity index (χ0) is 10.6. The van der Waals surface area contributed by atoms with Crippen molar-refractivity contribution in [2.24, 2.45) is 5.73 Å². The molecule has 84 valence electrons. The van der Waals surface area contributed by atoms with E-state index in [2.05, 4.69) is 9.62 Å². The highest BCUT2D eigenvalue weighted by Crippen LogP contribution is 2.06. The smallest absolute Gasteiger partial charge is 0.208 e. The molecule has 0 amide bonds. The van der Waals surface area contributed by atoms with Crippen LogP contribution in [0.5, 0.6) is 0 Å². The standard InChI is InChI=1S/C8H19N3O2S/c1-14(12,13)10-4-6-11-5-2-3-8(9)7-11/h8,10H,2-7,9H2,1H3/t8-/m1/s1. The lowest BCUT2D eigenvalue weighted by Crippen LogP contribution is -2.45. The van der Waals surface area contributed by atoms with Crippen LogP contribution in [0, 0.1) is 0 Å². The number of nitrogens with zero attached hydrogens (tertiary/aromatic N) is 1. The molecule has 0 aliphatic carbocycles. The number of rotatable bonds is 4. The summed E-state index contributed by atoms with van der Waals surface area (Å²) in [7, 11) is -3.05. The summed E-state index contributed by atoms with van der Waals surface area (Å²) < 4.78 is 24.0. The summed E-state index contributed by atoms with van der Waals surface area (Å²) in [6, 6.07) is 0.252. The molecule has 14 heavy (non-hydrogen) atoms. The van der Waals surface area contributed by atoms with Gasteiger partial charge >= 0.3 is 0 Å². The fourth-order valence-corrected chi connectivity index (χ4v) is 2.15. The normalized spacial score (nSPS) is 25.1. The molecule has 1 aliphatic heterocycles. The predicted molar refractivity (Wildman–Crippen MR) is 56.5 cm³/mol. The number of nitrogens with one attached hydrogen (secondary N) is 1. The molecular weight excluding hydrogens is 202 g/mol. The Bertz CT molecular complexity index is 266. The quantitative estimate of drug-likeness (QED) is 0.636. The van der Waals surface area contributed by atoms with E-state index in [1.54, 1.807) is 0 Å². The van der Waals surface area contributed by atoms with Crippen LogP contribution in [0.4, 0.5) is 0 Å². The first kappa shape index (κ1) is 11.9. The molecule has 0 radical (unpaired) electrons. The van der Waals surface area contributed by atoms with Crippen molar-refractivity contribution in [1.82, 2.24) is 9.62 Å². The molecule has 0 saturated carbocycles. The van der Waals surface area contributed by atoms with Crippen LogP contribution in [0.15, 0.2) is 0 Å². The molecule has 1 heterocycles. The van der Waals surface area contributed by atoms with Crippen molar-refractivity contribution in [2.45, 2.75) is 18.9 Å². The molecule has 1 fully saturated rings. The zero-order valence-corrected chi connectivity index (χ0v) is 9.39. The van der Waals surface area contributed by atoms with Crippen molar-refractivity contribution in [3.8, 4) is 0 Å². The third-order valence-electron chi connectivity index (χ3n) is 2.33. The summed E-state index contributed by atoms with van der Waals surface area (Å²) in [5, 5.41) is 0. The average Bonchev–Trinajstić information content (AvgIpc) is 2.01. The van der Waals surface area contributed by atoms with Gasteiger partial charge in [0, 0.05) is 25.7 Å². The van der Waals surface area contributed by atoms with Crippen LogP contribution < -0.4 is 10.5 Å². The Hall–Kier alpha value is -0.170. The highest BCUT2D eigenvalue weighted by atomic mass is 32.2. The molecular formula is C8H19N3O2S. The number of nitrogens with two attached hydrogens (primary N) is 1. The number of likely N-dealkylation sites (tertiary alicyclic amines) is 1. The van der Waals surface area contributed by atoms with Gasteiger partial charge in [0.25, 0.3) is 0 Å². The van der Waals surface area contributed by atoms with E-state index in [0.717, 1.165) is 32.5 Å². The van der Waals surface area contributed by atoms with E-state index in [9.17, 15) is 8.42 Å². The maximum atomic E-state index is 10.8. The van der Waals surface area contributed by atoms with Gasteiger partial charge in [-0.3, -0.25) is 0 Å². The first-order valence-corrected chi connectivity index (χ1v) is 6.79. The SMILES string of the molecule is CS(=O)(=O)NCCN1CCC[C@@H](N)C1. The van der Waals surface area contributed by atoms with Gasteiger partial charge in [0.15, 0.2) is 0 Å². The van der Waals surface area contributed by atoms with Gasteiger partial charge in [-0.15, -0.1) is 0 Å². The van der Waals surface area contributed by atoms with Crippen LogP contribution in [0.25, 0.3) is 0 Å². The molecule has 0 spiro atoms. The second kappa shape index (κ2) is 5.06. The number of sulfonamides is 1. The highest BCUT2D eigenvalue weighted by molar-refractivity contribution is 7.88. The number of hydrogen-bond acceptors (Lipinski definition) is 4. The van der Waals surface area contributed by atoms with E-state index < -0.39 is 10.0 Å². The molecule has 5 nitrogen and oxygen atoms in total. The van der Waals surface area contributed by atoms with Gasteiger partial charge in [0.1, 0.15) is 0 Å². The molecule has 3 N–H and O–H groups in total. The Morgan fingerprint density at radius 2 is 2.29 bits per heavy atom. The lowest BCUT2D eigenvalue weighted by Gasteiger charge is -2.30. The van der Waals surface area contributed by atoms with Crippen molar-refractivity contribution in [1.29, 1.82) is 0 Å². The van der Waals surface area contributed by atoms with E-state index in [0.29, 0.717) is 6.54 Å². The summed E-state index contributed by atoms with van der Waals surface area (Å²) in [5.41, 5.74) is 5.80. The average molecular weight is 221 g/mol. The van der Waals surface area contributed by atoms with E-state index in [4.69, 9.17) is 5.73 Å². The molecule has 1 atom stereocenters. The monoisotopic (exact) mass is 221 g/mol. The molecule has 0 aromatic rings. The molecule has 1 aliphatic rings. The van der Waals surface area contributed by atoms with Gasteiger partial charge in [0.05, 0.1) is 6.26 Å². The van der Waals surface area contributed by atoms with Crippen molar-refractivity contribution in [2.75, 3.05) is 32.4 Å². The minimum Gasteiger partial charge on any atom is -0.327 e. The van der Waals surface area contributed by atoms with Crippen LogP contribution in [-0.4, -0.2) is 51.8 Å². The summed E-state index contributed by atoms with van der Waals surface area (Å²) in [6.45, 7) is 3.14. The molecule has 0 aromatic heterocycles. The summed E-state index contributed by atoms with van der Waals surface area (Å²) in [6.07, 6.45) is 3.37. The Labute approximate surface area is 85.7 Å². The van der Waals surface area contributed by atoms with Gasteiger partial charge in [-0.1, -0.05) is 0 Å². The minimum absolute atomic E-state index is 0.252. The largest absolute Gasteiger partial charge is 0.327 e. The van der Waals surface area contributed by atoms with Crippen molar-refractivity contribution < 1.29 is 8.42 Å². The molecule has 0 unspecified atom stereocenters. The van der Waals surface area contributed by atoms with Gasteiger partial charge in [0.2, 0.25) is 10.0 Å². The van der Waals surface area contributed by atoms with Crippen LogP contribution in [0.3, 0.4) is 0 Å². The van der Waals surface area contributed by atoms with Gasteiger partial charge in [-0.05, 0) is 19.4 Å². The number of piperidine rings is 1. The maximum Gasteiger partial charge on any atom is 0.208 e. The highest BCUT2D eigenvalue weighted by Gasteiger charge is 2.15. The fraction of sp³-hybridized carbons (Fsp3) is 1.00. The third kappa shape index (κ3) is 4.90. The van der Waals surface area contributed by atoms with E-state index in [1.165, 1.54) is 6.26 Å². The lowest BCUT2D eigenvalue weighted by atomic mass is 10.1. The Kier molecular flexibility index (Phi) is 4.31.